The molecule has 1 aromatic carbocycles. The molecule has 1 aromatic heterocycles. The molecule has 1 amide bonds. The van der Waals surface area contributed by atoms with E-state index >= 15 is 0 Å². The van der Waals surface area contributed by atoms with E-state index in [0.29, 0.717) is 11.1 Å². The third-order valence-corrected chi connectivity index (χ3v) is 3.03. The number of fused-ring (bicyclic) bond motifs is 1. The van der Waals surface area contributed by atoms with E-state index in [4.69, 9.17) is 10.4 Å². The van der Waals surface area contributed by atoms with Gasteiger partial charge in [0.15, 0.2) is 0 Å². The van der Waals surface area contributed by atoms with Crippen molar-refractivity contribution in [2.24, 2.45) is 0 Å². The first-order valence-electron chi connectivity index (χ1n) is 6.38. The zero-order valence-electron chi connectivity index (χ0n) is 11.1. The normalized spacial score (nSPS) is 11.6. The molecule has 0 radical (unpaired) electrons. The second-order valence-electron chi connectivity index (χ2n) is 4.44. The summed E-state index contributed by atoms with van der Waals surface area (Å²) in [5.41, 5.74) is 0.832. The predicted octanol–water partition coefficient (Wildman–Crippen LogP) is 1.72. The van der Waals surface area contributed by atoms with Crippen molar-refractivity contribution < 1.29 is 14.7 Å². The van der Waals surface area contributed by atoms with Crippen LogP contribution in [-0.4, -0.2) is 28.0 Å². The Hall–Kier alpha value is -2.94. The predicted molar refractivity (Wildman–Crippen MR) is 75.5 cm³/mol. The first kappa shape index (κ1) is 14.5. The molecule has 2 rings (SSSR count). The van der Waals surface area contributed by atoms with Gasteiger partial charge in [-0.25, -0.2) is 4.79 Å². The summed E-state index contributed by atoms with van der Waals surface area (Å²) in [6.07, 6.45) is 1.70. The molecule has 0 spiro atoms. The van der Waals surface area contributed by atoms with Crippen LogP contribution in [0.3, 0.4) is 0 Å². The van der Waals surface area contributed by atoms with Crippen molar-refractivity contribution in [1.82, 2.24) is 10.3 Å². The van der Waals surface area contributed by atoms with E-state index in [1.54, 1.807) is 24.4 Å². The number of para-hydroxylation sites is 1. The topological polar surface area (TPSA) is 103 Å². The highest BCUT2D eigenvalue weighted by atomic mass is 16.4. The Morgan fingerprint density at radius 1 is 1.33 bits per heavy atom. The van der Waals surface area contributed by atoms with Crippen LogP contribution in [-0.2, 0) is 4.79 Å². The maximum absolute atomic E-state index is 12.2. The minimum absolute atomic E-state index is 0.0605. The summed E-state index contributed by atoms with van der Waals surface area (Å²) in [6.45, 7) is 0. The molecule has 1 heterocycles. The van der Waals surface area contributed by atoms with Gasteiger partial charge in [-0.3, -0.25) is 9.78 Å². The maximum Gasteiger partial charge on any atom is 0.326 e. The monoisotopic (exact) mass is 283 g/mol. The number of hydrogen-bond acceptors (Lipinski definition) is 4. The molecule has 1 atom stereocenters. The zero-order chi connectivity index (χ0) is 15.2. The Morgan fingerprint density at radius 2 is 2.10 bits per heavy atom. The number of amides is 1. The van der Waals surface area contributed by atoms with Crippen molar-refractivity contribution in [3.8, 4) is 6.07 Å². The number of pyridine rings is 1. The van der Waals surface area contributed by atoms with Crippen molar-refractivity contribution in [2.45, 2.75) is 18.9 Å². The van der Waals surface area contributed by atoms with Crippen molar-refractivity contribution in [1.29, 1.82) is 5.26 Å². The average molecular weight is 283 g/mol. The van der Waals surface area contributed by atoms with Gasteiger partial charge in [0.25, 0.3) is 5.91 Å². The number of nitrogens with zero attached hydrogens (tertiary/aromatic N) is 2. The standard InChI is InChI=1S/C15H13N3O3/c16-8-2-7-12(15(20)21)18-14(19)11-6-1-4-10-5-3-9-17-13(10)11/h1,3-6,9,12H,2,7H2,(H,18,19)(H,20,21)/t12-/m1/s1. The summed E-state index contributed by atoms with van der Waals surface area (Å²) in [6, 6.07) is 9.49. The summed E-state index contributed by atoms with van der Waals surface area (Å²) < 4.78 is 0. The maximum atomic E-state index is 12.2. The molecule has 106 valence electrons. The molecule has 0 aliphatic heterocycles. The minimum atomic E-state index is -1.16. The molecule has 0 aliphatic carbocycles. The lowest BCUT2D eigenvalue weighted by atomic mass is 10.1. The van der Waals surface area contributed by atoms with Crippen molar-refractivity contribution in [3.63, 3.8) is 0 Å². The van der Waals surface area contributed by atoms with E-state index in [1.807, 2.05) is 18.2 Å². The highest BCUT2D eigenvalue weighted by Gasteiger charge is 2.21. The summed E-state index contributed by atoms with van der Waals surface area (Å²) >= 11 is 0. The van der Waals surface area contributed by atoms with E-state index < -0.39 is 17.9 Å². The summed E-state index contributed by atoms with van der Waals surface area (Å²) in [4.78, 5) is 27.5. The van der Waals surface area contributed by atoms with E-state index in [9.17, 15) is 9.59 Å². The van der Waals surface area contributed by atoms with E-state index in [-0.39, 0.29) is 12.8 Å². The molecule has 21 heavy (non-hydrogen) atoms. The van der Waals surface area contributed by atoms with Crippen LogP contribution < -0.4 is 5.32 Å². The second-order valence-corrected chi connectivity index (χ2v) is 4.44. The Morgan fingerprint density at radius 3 is 2.81 bits per heavy atom. The van der Waals surface area contributed by atoms with Gasteiger partial charge in [0.1, 0.15) is 6.04 Å². The number of aliphatic carboxylic acids is 1. The van der Waals surface area contributed by atoms with Crippen molar-refractivity contribution in [3.05, 3.63) is 42.1 Å². The zero-order valence-corrected chi connectivity index (χ0v) is 11.1. The Balaban J connectivity index is 2.26. The molecule has 6 heteroatoms. The molecule has 0 bridgehead atoms. The SMILES string of the molecule is N#CCC[C@@H](NC(=O)c1cccc2cccnc12)C(=O)O. The number of carbonyl (C=O) groups is 2. The molecule has 0 unspecified atom stereocenters. The van der Waals surface area contributed by atoms with Crippen LogP contribution in [0.1, 0.15) is 23.2 Å². The fraction of sp³-hybridized carbons (Fsp3) is 0.200. The van der Waals surface area contributed by atoms with Gasteiger partial charge < -0.3 is 10.4 Å². The van der Waals surface area contributed by atoms with Crippen LogP contribution in [0.5, 0.6) is 0 Å². The van der Waals surface area contributed by atoms with Crippen LogP contribution in [0.25, 0.3) is 10.9 Å². The highest BCUT2D eigenvalue weighted by Crippen LogP contribution is 2.16. The first-order valence-corrected chi connectivity index (χ1v) is 6.38. The molecule has 2 N–H and O–H groups in total. The summed E-state index contributed by atoms with van der Waals surface area (Å²) in [5, 5.41) is 20.8. The van der Waals surface area contributed by atoms with Crippen LogP contribution in [0, 0.1) is 11.3 Å². The van der Waals surface area contributed by atoms with Gasteiger partial charge in [-0.05, 0) is 18.6 Å². The molecule has 0 saturated heterocycles. The van der Waals surface area contributed by atoms with Crippen LogP contribution in [0.15, 0.2) is 36.5 Å². The Kier molecular flexibility index (Phi) is 4.46. The summed E-state index contributed by atoms with van der Waals surface area (Å²) in [7, 11) is 0. The molecular formula is C15H13N3O3. The van der Waals surface area contributed by atoms with Gasteiger partial charge in [0, 0.05) is 18.0 Å². The summed E-state index contributed by atoms with van der Waals surface area (Å²) in [5.74, 6) is -1.67. The number of carboxylic acids is 1. The van der Waals surface area contributed by atoms with Gasteiger partial charge in [0.05, 0.1) is 17.1 Å². The molecule has 6 nitrogen and oxygen atoms in total. The molecule has 0 aliphatic rings. The molecule has 0 saturated carbocycles. The lowest BCUT2D eigenvalue weighted by molar-refractivity contribution is -0.139. The second kappa shape index (κ2) is 6.48. The fourth-order valence-corrected chi connectivity index (χ4v) is 1.99. The third-order valence-electron chi connectivity index (χ3n) is 3.03. The van der Waals surface area contributed by atoms with E-state index in [0.717, 1.165) is 5.39 Å². The van der Waals surface area contributed by atoms with Gasteiger partial charge in [0.2, 0.25) is 0 Å². The van der Waals surface area contributed by atoms with Crippen LogP contribution in [0.4, 0.5) is 0 Å². The van der Waals surface area contributed by atoms with Gasteiger partial charge >= 0.3 is 5.97 Å². The van der Waals surface area contributed by atoms with E-state index in [2.05, 4.69) is 10.3 Å². The Bertz CT molecular complexity index is 716. The number of benzene rings is 1. The largest absolute Gasteiger partial charge is 0.480 e. The number of nitrogens with one attached hydrogen (secondary N) is 1. The van der Waals surface area contributed by atoms with Gasteiger partial charge in [-0.2, -0.15) is 5.26 Å². The number of hydrogen-bond donors (Lipinski definition) is 2. The van der Waals surface area contributed by atoms with Crippen molar-refractivity contribution in [2.75, 3.05) is 0 Å². The number of aromatic nitrogens is 1. The molecule has 2 aromatic rings. The highest BCUT2D eigenvalue weighted by molar-refractivity contribution is 6.06. The third kappa shape index (κ3) is 3.34. The lowest BCUT2D eigenvalue weighted by Crippen LogP contribution is -2.40. The fourth-order valence-electron chi connectivity index (χ4n) is 1.99. The van der Waals surface area contributed by atoms with E-state index in [1.165, 1.54) is 0 Å². The van der Waals surface area contributed by atoms with Crippen LogP contribution >= 0.6 is 0 Å². The van der Waals surface area contributed by atoms with Crippen LogP contribution in [0.2, 0.25) is 0 Å². The smallest absolute Gasteiger partial charge is 0.326 e. The quantitative estimate of drug-likeness (QED) is 0.869. The van der Waals surface area contributed by atoms with Gasteiger partial charge in [-0.15, -0.1) is 0 Å². The van der Waals surface area contributed by atoms with Crippen molar-refractivity contribution >= 4 is 22.8 Å². The molecule has 0 fully saturated rings. The minimum Gasteiger partial charge on any atom is -0.480 e. The number of nitriles is 1. The lowest BCUT2D eigenvalue weighted by Gasteiger charge is -2.13. The molecular weight excluding hydrogens is 270 g/mol. The number of carbonyl (C=O) groups excluding carboxylic acids is 1. The van der Waals surface area contributed by atoms with Gasteiger partial charge in [-0.1, -0.05) is 18.2 Å². The number of carboxylic acid groups (broad SMARTS) is 1. The number of rotatable bonds is 5. The first-order chi connectivity index (χ1) is 10.1. The average Bonchev–Trinajstić information content (AvgIpc) is 2.50. The Labute approximate surface area is 121 Å².